The monoisotopic (exact) mass is 341 g/mol. The van der Waals surface area contributed by atoms with Crippen molar-refractivity contribution in [2.24, 2.45) is 17.3 Å². The van der Waals surface area contributed by atoms with Gasteiger partial charge in [0.1, 0.15) is 4.49 Å². The molecule has 1 amide bonds. The number of allylic oxidation sites excluding steroid dienone is 1. The van der Waals surface area contributed by atoms with E-state index in [0.717, 1.165) is 11.3 Å². The van der Waals surface area contributed by atoms with Crippen LogP contribution in [0.1, 0.15) is 19.4 Å². The van der Waals surface area contributed by atoms with Gasteiger partial charge in [0.2, 0.25) is 12.7 Å². The van der Waals surface area contributed by atoms with Gasteiger partial charge in [-0.25, -0.2) is 0 Å². The Balaban J connectivity index is 1.60. The lowest BCUT2D eigenvalue weighted by atomic mass is 10.1. The average molecular weight is 342 g/mol. The molecule has 1 aliphatic carbocycles. The first-order chi connectivity index (χ1) is 10.4. The lowest BCUT2D eigenvalue weighted by Gasteiger charge is -2.07. The van der Waals surface area contributed by atoms with Crippen molar-refractivity contribution in [2.45, 2.75) is 20.4 Å². The van der Waals surface area contributed by atoms with E-state index in [1.165, 1.54) is 0 Å². The number of rotatable bonds is 4. The van der Waals surface area contributed by atoms with Crippen molar-refractivity contribution < 1.29 is 14.3 Å². The summed E-state index contributed by atoms with van der Waals surface area (Å²) in [4.78, 5) is 12.3. The molecule has 0 bridgehead atoms. The molecule has 118 valence electrons. The van der Waals surface area contributed by atoms with E-state index in [-0.39, 0.29) is 34.4 Å². The summed E-state index contributed by atoms with van der Waals surface area (Å²) in [6, 6.07) is 5.65. The van der Waals surface area contributed by atoms with E-state index in [2.05, 4.69) is 5.32 Å². The molecule has 1 fully saturated rings. The number of ether oxygens (including phenoxy) is 2. The largest absolute Gasteiger partial charge is 0.454 e. The maximum atomic E-state index is 12.3. The highest BCUT2D eigenvalue weighted by atomic mass is 35.5. The number of carbonyl (C=O) groups excluding carboxylic acids is 1. The van der Waals surface area contributed by atoms with Gasteiger partial charge in [0.05, 0.1) is 5.92 Å². The second kappa shape index (κ2) is 5.67. The summed E-state index contributed by atoms with van der Waals surface area (Å²) in [7, 11) is 0. The van der Waals surface area contributed by atoms with Gasteiger partial charge in [0.15, 0.2) is 11.5 Å². The Bertz CT molecular complexity index is 638. The van der Waals surface area contributed by atoms with E-state index in [0.29, 0.717) is 12.3 Å². The third-order valence-corrected chi connectivity index (χ3v) is 4.65. The maximum absolute atomic E-state index is 12.3. The average Bonchev–Trinajstić information content (AvgIpc) is 2.83. The number of amides is 1. The van der Waals surface area contributed by atoms with Crippen LogP contribution in [0.5, 0.6) is 11.5 Å². The van der Waals surface area contributed by atoms with E-state index >= 15 is 0 Å². The number of nitrogens with one attached hydrogen (secondary N) is 1. The van der Waals surface area contributed by atoms with Gasteiger partial charge in [-0.05, 0) is 35.1 Å². The second-order valence-electron chi connectivity index (χ2n) is 6.19. The van der Waals surface area contributed by atoms with Crippen LogP contribution in [0.3, 0.4) is 0 Å². The van der Waals surface area contributed by atoms with Crippen molar-refractivity contribution in [3.8, 4) is 11.5 Å². The topological polar surface area (TPSA) is 47.6 Å². The van der Waals surface area contributed by atoms with Crippen molar-refractivity contribution >= 4 is 29.1 Å². The Morgan fingerprint density at radius 2 is 2.09 bits per heavy atom. The molecule has 22 heavy (non-hydrogen) atoms. The summed E-state index contributed by atoms with van der Waals surface area (Å²) in [6.07, 6.45) is 1.74. The van der Waals surface area contributed by atoms with Gasteiger partial charge in [-0.3, -0.25) is 4.79 Å². The van der Waals surface area contributed by atoms with E-state index in [1.807, 2.05) is 32.0 Å². The molecule has 1 aromatic carbocycles. The molecule has 6 heteroatoms. The molecule has 1 aromatic rings. The quantitative estimate of drug-likeness (QED) is 0.909. The molecule has 4 nitrogen and oxygen atoms in total. The maximum Gasteiger partial charge on any atom is 0.231 e. The fourth-order valence-electron chi connectivity index (χ4n) is 2.98. The van der Waals surface area contributed by atoms with Crippen LogP contribution in [0.4, 0.5) is 0 Å². The van der Waals surface area contributed by atoms with Crippen LogP contribution in [0, 0.1) is 17.3 Å². The van der Waals surface area contributed by atoms with E-state index in [1.54, 1.807) is 6.08 Å². The SMILES string of the molecule is CC1(C)[C@H](C=C(Cl)Cl)[C@H]1C(=O)NCc1ccc2c(c1)OCO2. The summed E-state index contributed by atoms with van der Waals surface area (Å²) in [5.41, 5.74) is 0.854. The molecule has 2 atom stereocenters. The smallest absolute Gasteiger partial charge is 0.231 e. The van der Waals surface area contributed by atoms with Gasteiger partial charge in [-0.15, -0.1) is 0 Å². The van der Waals surface area contributed by atoms with Crippen molar-refractivity contribution in [1.29, 1.82) is 0 Å². The number of hydrogen-bond donors (Lipinski definition) is 1. The minimum absolute atomic E-state index is 0.0125. The van der Waals surface area contributed by atoms with Crippen molar-refractivity contribution in [3.05, 3.63) is 34.3 Å². The van der Waals surface area contributed by atoms with Crippen LogP contribution in [-0.2, 0) is 11.3 Å². The molecule has 0 aromatic heterocycles. The molecular formula is C16H17Cl2NO3. The molecule has 0 unspecified atom stereocenters. The normalized spacial score (nSPS) is 23.8. The summed E-state index contributed by atoms with van der Waals surface area (Å²) in [5.74, 6) is 1.44. The van der Waals surface area contributed by atoms with Gasteiger partial charge >= 0.3 is 0 Å². The standard InChI is InChI=1S/C16H17Cl2NO3/c1-16(2)10(6-13(17)18)14(16)15(20)19-7-9-3-4-11-12(5-9)22-8-21-11/h3-6,10,14H,7-8H2,1-2H3,(H,19,20)/t10-,14+/m1/s1. The third kappa shape index (κ3) is 2.90. The highest BCUT2D eigenvalue weighted by Gasteiger charge is 2.60. The number of benzene rings is 1. The first-order valence-electron chi connectivity index (χ1n) is 7.08. The van der Waals surface area contributed by atoms with Crippen LogP contribution < -0.4 is 14.8 Å². The fourth-order valence-corrected chi connectivity index (χ4v) is 3.25. The second-order valence-corrected chi connectivity index (χ2v) is 7.19. The lowest BCUT2D eigenvalue weighted by Crippen LogP contribution is -2.26. The number of fused-ring (bicyclic) bond motifs is 1. The molecule has 1 saturated carbocycles. The minimum Gasteiger partial charge on any atom is -0.454 e. The van der Waals surface area contributed by atoms with Crippen LogP contribution >= 0.6 is 23.2 Å². The zero-order valence-electron chi connectivity index (χ0n) is 12.4. The van der Waals surface area contributed by atoms with E-state index in [4.69, 9.17) is 32.7 Å². The Kier molecular flexibility index (Phi) is 4.00. The van der Waals surface area contributed by atoms with E-state index in [9.17, 15) is 4.79 Å². The minimum atomic E-state index is -0.117. The predicted octanol–water partition coefficient (Wildman–Crippen LogP) is 3.62. The van der Waals surface area contributed by atoms with Gasteiger partial charge in [0, 0.05) is 6.54 Å². The molecule has 2 aliphatic rings. The van der Waals surface area contributed by atoms with Crippen LogP contribution in [0.2, 0.25) is 0 Å². The Morgan fingerprint density at radius 1 is 1.36 bits per heavy atom. The van der Waals surface area contributed by atoms with Crippen LogP contribution in [-0.4, -0.2) is 12.7 Å². The summed E-state index contributed by atoms with van der Waals surface area (Å²) >= 11 is 11.4. The summed E-state index contributed by atoms with van der Waals surface area (Å²) in [6.45, 7) is 4.77. The van der Waals surface area contributed by atoms with Crippen molar-refractivity contribution in [2.75, 3.05) is 6.79 Å². The fraction of sp³-hybridized carbons (Fsp3) is 0.438. The summed E-state index contributed by atoms with van der Waals surface area (Å²) < 4.78 is 10.8. The highest BCUT2D eigenvalue weighted by Crippen LogP contribution is 2.59. The van der Waals surface area contributed by atoms with Crippen LogP contribution in [0.25, 0.3) is 0 Å². The van der Waals surface area contributed by atoms with Gasteiger partial charge in [-0.2, -0.15) is 0 Å². The first kappa shape index (κ1) is 15.5. The Labute approximate surface area is 139 Å². The third-order valence-electron chi connectivity index (χ3n) is 4.40. The number of carbonyl (C=O) groups is 1. The molecule has 0 saturated heterocycles. The number of halogens is 2. The van der Waals surface area contributed by atoms with Gasteiger partial charge in [-0.1, -0.05) is 43.1 Å². The summed E-state index contributed by atoms with van der Waals surface area (Å²) in [5, 5.41) is 2.96. The predicted molar refractivity (Wildman–Crippen MR) is 85.0 cm³/mol. The molecular weight excluding hydrogens is 325 g/mol. The molecule has 1 heterocycles. The van der Waals surface area contributed by atoms with Crippen molar-refractivity contribution in [3.63, 3.8) is 0 Å². The first-order valence-corrected chi connectivity index (χ1v) is 7.84. The molecule has 1 aliphatic heterocycles. The van der Waals surface area contributed by atoms with Crippen LogP contribution in [0.15, 0.2) is 28.8 Å². The molecule has 0 spiro atoms. The Morgan fingerprint density at radius 3 is 2.82 bits per heavy atom. The highest BCUT2D eigenvalue weighted by molar-refractivity contribution is 6.55. The molecule has 1 N–H and O–H groups in total. The zero-order valence-corrected chi connectivity index (χ0v) is 13.9. The van der Waals surface area contributed by atoms with Crippen molar-refractivity contribution in [1.82, 2.24) is 5.32 Å². The zero-order chi connectivity index (χ0) is 15.9. The lowest BCUT2D eigenvalue weighted by molar-refractivity contribution is -0.123. The van der Waals surface area contributed by atoms with Gasteiger partial charge < -0.3 is 14.8 Å². The molecule has 0 radical (unpaired) electrons. The van der Waals surface area contributed by atoms with E-state index < -0.39 is 0 Å². The Hall–Kier alpha value is -1.39. The molecule has 3 rings (SSSR count). The van der Waals surface area contributed by atoms with Gasteiger partial charge in [0.25, 0.3) is 0 Å². The number of hydrogen-bond acceptors (Lipinski definition) is 3.